The van der Waals surface area contributed by atoms with Gasteiger partial charge in [0, 0.05) is 0 Å². The summed E-state index contributed by atoms with van der Waals surface area (Å²) in [6.07, 6.45) is 4.75. The number of nitrogens with one attached hydrogen (secondary N) is 1. The minimum absolute atomic E-state index is 0.782. The summed E-state index contributed by atoms with van der Waals surface area (Å²) in [5, 5.41) is 5.87. The van der Waals surface area contributed by atoms with Crippen molar-refractivity contribution in [1.29, 1.82) is 0 Å². The molecule has 0 bridgehead atoms. The molecule has 2 rings (SSSR count). The number of hydrogen-bond donors (Lipinski definition) is 1. The van der Waals surface area contributed by atoms with Crippen LogP contribution in [0, 0.1) is 0 Å². The van der Waals surface area contributed by atoms with Gasteiger partial charge in [-0.05, 0) is 71.5 Å². The molecule has 21 heavy (non-hydrogen) atoms. The number of rotatable bonds is 9. The van der Waals surface area contributed by atoms with Crippen molar-refractivity contribution >= 4 is 26.7 Å². The van der Waals surface area contributed by atoms with Crippen molar-refractivity contribution in [3.8, 4) is 5.75 Å². The molecule has 0 amide bonds. The molecular weight excluding hydrogens is 326 g/mol. The second-order valence-corrected chi connectivity index (χ2v) is 6.05. The molecule has 0 unspecified atom stereocenters. The molecule has 114 valence electrons. The van der Waals surface area contributed by atoms with Crippen molar-refractivity contribution < 1.29 is 4.74 Å². The van der Waals surface area contributed by atoms with Crippen LogP contribution in [0.1, 0.15) is 32.6 Å². The third kappa shape index (κ3) is 5.01. The van der Waals surface area contributed by atoms with Crippen LogP contribution in [0.2, 0.25) is 0 Å². The zero-order valence-electron chi connectivity index (χ0n) is 12.7. The Kier molecular flexibility index (Phi) is 7.04. The van der Waals surface area contributed by atoms with Gasteiger partial charge in [0.1, 0.15) is 5.75 Å². The lowest BCUT2D eigenvalue weighted by molar-refractivity contribution is 0.303. The third-order valence-corrected chi connectivity index (χ3v) is 4.33. The first-order valence-corrected chi connectivity index (χ1v) is 8.63. The summed E-state index contributed by atoms with van der Waals surface area (Å²) in [6, 6.07) is 12.5. The van der Waals surface area contributed by atoms with Gasteiger partial charge in [-0.2, -0.15) is 0 Å². The minimum atomic E-state index is 0.782. The van der Waals surface area contributed by atoms with Crippen LogP contribution in [0.5, 0.6) is 5.75 Å². The maximum absolute atomic E-state index is 5.91. The Bertz CT molecular complexity index is 556. The topological polar surface area (TPSA) is 21.3 Å². The summed E-state index contributed by atoms with van der Waals surface area (Å²) >= 11 is 3.66. The van der Waals surface area contributed by atoms with Crippen LogP contribution in [0.15, 0.2) is 40.9 Å². The van der Waals surface area contributed by atoms with Gasteiger partial charge in [-0.3, -0.25) is 0 Å². The highest BCUT2D eigenvalue weighted by atomic mass is 79.9. The molecule has 0 aliphatic carbocycles. The Labute approximate surface area is 136 Å². The highest BCUT2D eigenvalue weighted by Crippen LogP contribution is 2.33. The quantitative estimate of drug-likeness (QED) is 0.632. The fraction of sp³-hybridized carbons (Fsp3) is 0.444. The zero-order chi connectivity index (χ0) is 14.9. The minimum Gasteiger partial charge on any atom is -0.492 e. The van der Waals surface area contributed by atoms with Gasteiger partial charge in [0.05, 0.1) is 11.1 Å². The van der Waals surface area contributed by atoms with E-state index >= 15 is 0 Å². The fourth-order valence-corrected chi connectivity index (χ4v) is 2.95. The van der Waals surface area contributed by atoms with E-state index in [9.17, 15) is 0 Å². The number of unbranched alkanes of at least 4 members (excludes halogenated alkanes) is 2. The lowest BCUT2D eigenvalue weighted by Crippen LogP contribution is -2.15. The molecule has 0 radical (unpaired) electrons. The van der Waals surface area contributed by atoms with Crippen LogP contribution in [0.4, 0.5) is 0 Å². The number of fused-ring (bicyclic) bond motifs is 1. The predicted octanol–water partition coefficient (Wildman–Crippen LogP) is 5.15. The summed E-state index contributed by atoms with van der Waals surface area (Å²) in [5.41, 5.74) is 0. The summed E-state index contributed by atoms with van der Waals surface area (Å²) in [6.45, 7) is 5.22. The Balaban J connectivity index is 1.75. The SMILES string of the molecule is CCCNCCCCCOc1ccc2ccccc2c1Br. The van der Waals surface area contributed by atoms with E-state index in [0.717, 1.165) is 36.3 Å². The van der Waals surface area contributed by atoms with E-state index in [2.05, 4.69) is 64.6 Å². The number of benzene rings is 2. The molecule has 2 aromatic rings. The maximum atomic E-state index is 5.91. The van der Waals surface area contributed by atoms with E-state index in [-0.39, 0.29) is 0 Å². The van der Waals surface area contributed by atoms with Crippen LogP contribution in [-0.4, -0.2) is 19.7 Å². The number of hydrogen-bond acceptors (Lipinski definition) is 2. The molecule has 0 atom stereocenters. The molecule has 0 fully saturated rings. The summed E-state index contributed by atoms with van der Waals surface area (Å²) in [4.78, 5) is 0. The molecule has 2 nitrogen and oxygen atoms in total. The largest absolute Gasteiger partial charge is 0.492 e. The highest BCUT2D eigenvalue weighted by molar-refractivity contribution is 9.10. The first-order valence-electron chi connectivity index (χ1n) is 7.83. The van der Waals surface area contributed by atoms with E-state index in [1.54, 1.807) is 0 Å². The average Bonchev–Trinajstić information content (AvgIpc) is 2.52. The summed E-state index contributed by atoms with van der Waals surface area (Å²) in [5.74, 6) is 0.942. The lowest BCUT2D eigenvalue weighted by Gasteiger charge is -2.10. The van der Waals surface area contributed by atoms with Crippen LogP contribution in [-0.2, 0) is 0 Å². The lowest BCUT2D eigenvalue weighted by atomic mass is 10.1. The van der Waals surface area contributed by atoms with Gasteiger partial charge in [0.25, 0.3) is 0 Å². The van der Waals surface area contributed by atoms with Gasteiger partial charge < -0.3 is 10.1 Å². The maximum Gasteiger partial charge on any atom is 0.134 e. The molecule has 1 N–H and O–H groups in total. The van der Waals surface area contributed by atoms with E-state index in [1.807, 2.05) is 0 Å². The van der Waals surface area contributed by atoms with Gasteiger partial charge >= 0.3 is 0 Å². The normalized spacial score (nSPS) is 11.0. The van der Waals surface area contributed by atoms with E-state index in [1.165, 1.54) is 30.0 Å². The molecule has 0 saturated heterocycles. The molecule has 0 spiro atoms. The monoisotopic (exact) mass is 349 g/mol. The molecular formula is C18H24BrNO. The molecule has 0 aliphatic rings. The van der Waals surface area contributed by atoms with Crippen molar-refractivity contribution in [3.05, 3.63) is 40.9 Å². The average molecular weight is 350 g/mol. The molecule has 3 heteroatoms. The van der Waals surface area contributed by atoms with E-state index in [4.69, 9.17) is 4.74 Å². The summed E-state index contributed by atoms with van der Waals surface area (Å²) < 4.78 is 6.97. The van der Waals surface area contributed by atoms with Crippen molar-refractivity contribution in [1.82, 2.24) is 5.32 Å². The molecule has 2 aromatic carbocycles. The fourth-order valence-electron chi connectivity index (χ4n) is 2.34. The summed E-state index contributed by atoms with van der Waals surface area (Å²) in [7, 11) is 0. The van der Waals surface area contributed by atoms with E-state index in [0.29, 0.717) is 0 Å². The smallest absolute Gasteiger partial charge is 0.134 e. The Morgan fingerprint density at radius 2 is 1.86 bits per heavy atom. The Morgan fingerprint density at radius 3 is 2.71 bits per heavy atom. The standard InChI is InChI=1S/C18H24BrNO/c1-2-12-20-13-6-3-7-14-21-17-11-10-15-8-4-5-9-16(15)18(17)19/h4-5,8-11,20H,2-3,6-7,12-14H2,1H3. The van der Waals surface area contributed by atoms with Gasteiger partial charge in [-0.15, -0.1) is 0 Å². The second-order valence-electron chi connectivity index (χ2n) is 5.26. The molecule has 0 aliphatic heterocycles. The highest BCUT2D eigenvalue weighted by Gasteiger charge is 2.05. The third-order valence-electron chi connectivity index (χ3n) is 3.51. The Hall–Kier alpha value is -1.06. The number of ether oxygens (including phenoxy) is 1. The Morgan fingerprint density at radius 1 is 1.00 bits per heavy atom. The molecule has 0 aromatic heterocycles. The van der Waals surface area contributed by atoms with Gasteiger partial charge in [0.2, 0.25) is 0 Å². The van der Waals surface area contributed by atoms with Crippen LogP contribution < -0.4 is 10.1 Å². The van der Waals surface area contributed by atoms with Gasteiger partial charge in [0.15, 0.2) is 0 Å². The molecule has 0 saturated carbocycles. The van der Waals surface area contributed by atoms with Crippen molar-refractivity contribution in [3.63, 3.8) is 0 Å². The van der Waals surface area contributed by atoms with Crippen LogP contribution >= 0.6 is 15.9 Å². The van der Waals surface area contributed by atoms with Crippen molar-refractivity contribution in [2.45, 2.75) is 32.6 Å². The van der Waals surface area contributed by atoms with E-state index < -0.39 is 0 Å². The van der Waals surface area contributed by atoms with Crippen molar-refractivity contribution in [2.75, 3.05) is 19.7 Å². The first kappa shape index (κ1) is 16.3. The second kappa shape index (κ2) is 9.06. The predicted molar refractivity (Wildman–Crippen MR) is 94.2 cm³/mol. The van der Waals surface area contributed by atoms with Crippen LogP contribution in [0.25, 0.3) is 10.8 Å². The first-order chi connectivity index (χ1) is 10.3. The molecule has 0 heterocycles. The van der Waals surface area contributed by atoms with Gasteiger partial charge in [-0.1, -0.05) is 37.3 Å². The number of halogens is 1. The van der Waals surface area contributed by atoms with Crippen LogP contribution in [0.3, 0.4) is 0 Å². The van der Waals surface area contributed by atoms with Crippen molar-refractivity contribution in [2.24, 2.45) is 0 Å². The van der Waals surface area contributed by atoms with Gasteiger partial charge in [-0.25, -0.2) is 0 Å². The zero-order valence-corrected chi connectivity index (χ0v) is 14.3.